The highest BCUT2D eigenvalue weighted by Crippen LogP contribution is 2.33. The molecule has 1 fully saturated rings. The Balaban J connectivity index is 1.31. The van der Waals surface area contributed by atoms with Gasteiger partial charge in [0.2, 0.25) is 5.91 Å². The zero-order chi connectivity index (χ0) is 18.9. The summed E-state index contributed by atoms with van der Waals surface area (Å²) in [5, 5.41) is 3.01. The van der Waals surface area contributed by atoms with Crippen LogP contribution in [0.15, 0.2) is 30.9 Å². The molecular weight excluding hydrogens is 360 g/mol. The van der Waals surface area contributed by atoms with Crippen molar-refractivity contribution in [2.75, 3.05) is 36.5 Å². The second-order valence-corrected chi connectivity index (χ2v) is 6.93. The number of hydrogen-bond donors (Lipinski definition) is 2. The van der Waals surface area contributed by atoms with Crippen molar-refractivity contribution in [1.82, 2.24) is 19.9 Å². The standard InChI is InChI=1S/C19H20N6O3/c26-19(24-13-3-4-14-15(8-13)28-7-6-27-14)12-2-1-5-25(9-12)18-16-17(21-10-20-16)22-11-23-18/h3-4,8,10-12H,1-2,5-7,9H2,(H,24,26)(H,20,21,22,23). The number of carbonyl (C=O) groups excluding carboxylic acids is 1. The lowest BCUT2D eigenvalue weighted by Crippen LogP contribution is -2.41. The molecule has 1 unspecified atom stereocenters. The average Bonchev–Trinajstić information content (AvgIpc) is 3.23. The fourth-order valence-electron chi connectivity index (χ4n) is 3.74. The highest BCUT2D eigenvalue weighted by Gasteiger charge is 2.28. The summed E-state index contributed by atoms with van der Waals surface area (Å²) in [7, 11) is 0. The van der Waals surface area contributed by atoms with E-state index < -0.39 is 0 Å². The molecule has 0 saturated carbocycles. The SMILES string of the molecule is O=C(Nc1ccc2c(c1)OCCO2)C1CCCN(c2ncnc3nc[nH]c23)C1. The predicted molar refractivity (Wildman–Crippen MR) is 103 cm³/mol. The smallest absolute Gasteiger partial charge is 0.229 e. The molecule has 144 valence electrons. The zero-order valence-corrected chi connectivity index (χ0v) is 15.2. The molecule has 3 aromatic rings. The maximum Gasteiger partial charge on any atom is 0.229 e. The van der Waals surface area contributed by atoms with E-state index in [1.165, 1.54) is 6.33 Å². The Morgan fingerprint density at radius 1 is 1.18 bits per heavy atom. The van der Waals surface area contributed by atoms with E-state index in [9.17, 15) is 4.79 Å². The number of piperidine rings is 1. The lowest BCUT2D eigenvalue weighted by Gasteiger charge is -2.33. The van der Waals surface area contributed by atoms with Gasteiger partial charge in [-0.25, -0.2) is 15.0 Å². The molecule has 2 aromatic heterocycles. The maximum atomic E-state index is 12.9. The van der Waals surface area contributed by atoms with Gasteiger partial charge in [0, 0.05) is 24.8 Å². The number of nitrogens with one attached hydrogen (secondary N) is 2. The van der Waals surface area contributed by atoms with E-state index in [0.717, 1.165) is 30.7 Å². The molecule has 2 N–H and O–H groups in total. The van der Waals surface area contributed by atoms with Crippen molar-refractivity contribution in [3.63, 3.8) is 0 Å². The van der Waals surface area contributed by atoms with Crippen molar-refractivity contribution in [2.24, 2.45) is 5.92 Å². The number of aromatic nitrogens is 4. The summed E-state index contributed by atoms with van der Waals surface area (Å²) in [5.74, 6) is 2.03. The Hall–Kier alpha value is -3.36. The third-order valence-electron chi connectivity index (χ3n) is 5.10. The summed E-state index contributed by atoms with van der Waals surface area (Å²) in [6, 6.07) is 5.48. The Morgan fingerprint density at radius 3 is 3.00 bits per heavy atom. The molecule has 0 radical (unpaired) electrons. The number of anilines is 2. The highest BCUT2D eigenvalue weighted by atomic mass is 16.6. The second kappa shape index (κ2) is 6.99. The maximum absolute atomic E-state index is 12.9. The second-order valence-electron chi connectivity index (χ2n) is 6.93. The van der Waals surface area contributed by atoms with Crippen LogP contribution in [-0.4, -0.2) is 52.1 Å². The number of aromatic amines is 1. The van der Waals surface area contributed by atoms with Gasteiger partial charge in [-0.1, -0.05) is 0 Å². The predicted octanol–water partition coefficient (Wildman–Crippen LogP) is 1.98. The van der Waals surface area contributed by atoms with Crippen molar-refractivity contribution < 1.29 is 14.3 Å². The van der Waals surface area contributed by atoms with Crippen molar-refractivity contribution in [2.45, 2.75) is 12.8 Å². The fourth-order valence-corrected chi connectivity index (χ4v) is 3.74. The highest BCUT2D eigenvalue weighted by molar-refractivity contribution is 5.93. The van der Waals surface area contributed by atoms with Gasteiger partial charge >= 0.3 is 0 Å². The Labute approximate surface area is 161 Å². The van der Waals surface area contributed by atoms with Crippen LogP contribution in [0.1, 0.15) is 12.8 Å². The molecule has 1 saturated heterocycles. The van der Waals surface area contributed by atoms with Crippen LogP contribution in [0.5, 0.6) is 11.5 Å². The Kier molecular flexibility index (Phi) is 4.19. The van der Waals surface area contributed by atoms with Crippen LogP contribution >= 0.6 is 0 Å². The minimum absolute atomic E-state index is 0.00344. The molecular formula is C19H20N6O3. The van der Waals surface area contributed by atoms with Gasteiger partial charge in [0.25, 0.3) is 0 Å². The summed E-state index contributed by atoms with van der Waals surface area (Å²) in [4.78, 5) is 30.8. The van der Waals surface area contributed by atoms with Gasteiger partial charge in [-0.15, -0.1) is 0 Å². The summed E-state index contributed by atoms with van der Waals surface area (Å²) >= 11 is 0. The van der Waals surface area contributed by atoms with Crippen molar-refractivity contribution >= 4 is 28.6 Å². The molecule has 0 aliphatic carbocycles. The average molecular weight is 380 g/mol. The molecule has 9 nitrogen and oxygen atoms in total. The minimum Gasteiger partial charge on any atom is -0.486 e. The van der Waals surface area contributed by atoms with Crippen LogP contribution in [0, 0.1) is 5.92 Å². The summed E-state index contributed by atoms with van der Waals surface area (Å²) in [6.45, 7) is 2.51. The zero-order valence-electron chi connectivity index (χ0n) is 15.2. The van der Waals surface area contributed by atoms with Crippen LogP contribution < -0.4 is 19.7 Å². The van der Waals surface area contributed by atoms with Crippen LogP contribution in [0.25, 0.3) is 11.2 Å². The summed E-state index contributed by atoms with van der Waals surface area (Å²) in [6.07, 6.45) is 4.87. The number of carbonyl (C=O) groups is 1. The Morgan fingerprint density at radius 2 is 2.07 bits per heavy atom. The first-order valence-corrected chi connectivity index (χ1v) is 9.37. The number of rotatable bonds is 3. The van der Waals surface area contributed by atoms with E-state index in [1.807, 2.05) is 18.2 Å². The summed E-state index contributed by atoms with van der Waals surface area (Å²) < 4.78 is 11.1. The van der Waals surface area contributed by atoms with E-state index in [4.69, 9.17) is 9.47 Å². The molecule has 4 heterocycles. The molecule has 2 aliphatic rings. The quantitative estimate of drug-likeness (QED) is 0.716. The first kappa shape index (κ1) is 16.8. The van der Waals surface area contributed by atoms with Gasteiger partial charge in [-0.3, -0.25) is 4.79 Å². The number of hydrogen-bond acceptors (Lipinski definition) is 7. The molecule has 1 amide bonds. The number of H-pyrrole nitrogens is 1. The lowest BCUT2D eigenvalue weighted by atomic mass is 9.97. The van der Waals surface area contributed by atoms with Gasteiger partial charge < -0.3 is 24.7 Å². The van der Waals surface area contributed by atoms with Gasteiger partial charge in [-0.2, -0.15) is 0 Å². The first-order valence-electron chi connectivity index (χ1n) is 9.37. The van der Waals surface area contributed by atoms with E-state index in [2.05, 4.69) is 30.2 Å². The van der Waals surface area contributed by atoms with E-state index in [0.29, 0.717) is 42.6 Å². The van der Waals surface area contributed by atoms with E-state index >= 15 is 0 Å². The minimum atomic E-state index is -0.130. The number of amides is 1. The monoisotopic (exact) mass is 380 g/mol. The number of nitrogens with zero attached hydrogens (tertiary/aromatic N) is 4. The van der Waals surface area contributed by atoms with Crippen molar-refractivity contribution in [3.05, 3.63) is 30.9 Å². The van der Waals surface area contributed by atoms with Crippen LogP contribution in [0.2, 0.25) is 0 Å². The fraction of sp³-hybridized carbons (Fsp3) is 0.368. The van der Waals surface area contributed by atoms with E-state index in [1.54, 1.807) is 6.33 Å². The molecule has 0 bridgehead atoms. The third-order valence-corrected chi connectivity index (χ3v) is 5.10. The molecule has 2 aliphatic heterocycles. The number of benzene rings is 1. The lowest BCUT2D eigenvalue weighted by molar-refractivity contribution is -0.120. The van der Waals surface area contributed by atoms with Gasteiger partial charge in [-0.05, 0) is 25.0 Å². The van der Waals surface area contributed by atoms with E-state index in [-0.39, 0.29) is 11.8 Å². The molecule has 28 heavy (non-hydrogen) atoms. The van der Waals surface area contributed by atoms with Gasteiger partial charge in [0.1, 0.15) is 25.1 Å². The van der Waals surface area contributed by atoms with Crippen LogP contribution in [0.3, 0.4) is 0 Å². The molecule has 0 spiro atoms. The van der Waals surface area contributed by atoms with Crippen LogP contribution in [-0.2, 0) is 4.79 Å². The normalized spacial score (nSPS) is 18.9. The van der Waals surface area contributed by atoms with Gasteiger partial charge in [0.15, 0.2) is 23.0 Å². The number of ether oxygens (including phenoxy) is 2. The molecule has 5 rings (SSSR count). The molecule has 1 atom stereocenters. The first-order chi connectivity index (χ1) is 13.8. The molecule has 9 heteroatoms. The van der Waals surface area contributed by atoms with Gasteiger partial charge in [0.05, 0.1) is 12.2 Å². The number of imidazole rings is 1. The molecule has 1 aromatic carbocycles. The Bertz CT molecular complexity index is 1020. The topological polar surface area (TPSA) is 105 Å². The number of fused-ring (bicyclic) bond motifs is 2. The summed E-state index contributed by atoms with van der Waals surface area (Å²) in [5.41, 5.74) is 2.15. The van der Waals surface area contributed by atoms with Crippen molar-refractivity contribution in [3.8, 4) is 11.5 Å². The third kappa shape index (κ3) is 3.08. The van der Waals surface area contributed by atoms with Crippen LogP contribution in [0.4, 0.5) is 11.5 Å². The van der Waals surface area contributed by atoms with Crippen molar-refractivity contribution in [1.29, 1.82) is 0 Å². The largest absolute Gasteiger partial charge is 0.486 e.